The van der Waals surface area contributed by atoms with E-state index in [1.165, 1.54) is 4.90 Å². The number of nitrogens with one attached hydrogen (secondary N) is 2. The summed E-state index contributed by atoms with van der Waals surface area (Å²) < 4.78 is 0. The van der Waals surface area contributed by atoms with E-state index in [1.807, 2.05) is 43.3 Å². The standard InChI is InChI=1S/C15H16ClN3S2/c1-11-6-7-17-14(10-11)19-15(20)18-8-9-21-13-4-2-12(16)3-5-13/h2-7,10H,8-9H2,1H3,(H2,17,18,19,20). The molecule has 110 valence electrons. The van der Waals surface area contributed by atoms with Crippen molar-refractivity contribution in [3.63, 3.8) is 0 Å². The number of rotatable bonds is 5. The highest BCUT2D eigenvalue weighted by Gasteiger charge is 1.99. The molecule has 0 spiro atoms. The minimum atomic E-state index is 0.588. The highest BCUT2D eigenvalue weighted by atomic mass is 35.5. The SMILES string of the molecule is Cc1ccnc(NC(=S)NCCSc2ccc(Cl)cc2)c1. The summed E-state index contributed by atoms with van der Waals surface area (Å²) in [5.74, 6) is 1.68. The van der Waals surface area contributed by atoms with Gasteiger partial charge in [0.2, 0.25) is 0 Å². The maximum atomic E-state index is 5.85. The van der Waals surface area contributed by atoms with Crippen LogP contribution < -0.4 is 10.6 Å². The number of thiocarbonyl (C=S) groups is 1. The Hall–Kier alpha value is -1.30. The van der Waals surface area contributed by atoms with Crippen molar-refractivity contribution >= 4 is 46.5 Å². The van der Waals surface area contributed by atoms with E-state index in [0.717, 1.165) is 28.7 Å². The van der Waals surface area contributed by atoms with Gasteiger partial charge in [-0.15, -0.1) is 11.8 Å². The molecule has 0 aliphatic rings. The van der Waals surface area contributed by atoms with Gasteiger partial charge >= 0.3 is 0 Å². The molecule has 6 heteroatoms. The first-order chi connectivity index (χ1) is 10.1. The van der Waals surface area contributed by atoms with Crippen molar-refractivity contribution < 1.29 is 0 Å². The van der Waals surface area contributed by atoms with Gasteiger partial charge in [-0.2, -0.15) is 0 Å². The lowest BCUT2D eigenvalue weighted by atomic mass is 10.3. The number of anilines is 1. The predicted molar refractivity (Wildman–Crippen MR) is 95.4 cm³/mol. The maximum absolute atomic E-state index is 5.85. The van der Waals surface area contributed by atoms with Crippen LogP contribution >= 0.6 is 35.6 Å². The van der Waals surface area contributed by atoms with Crippen LogP contribution in [0.3, 0.4) is 0 Å². The Balaban J connectivity index is 1.68. The molecule has 0 aliphatic carbocycles. The van der Waals surface area contributed by atoms with Gasteiger partial charge < -0.3 is 10.6 Å². The molecule has 0 unspecified atom stereocenters. The van der Waals surface area contributed by atoms with E-state index in [2.05, 4.69) is 15.6 Å². The molecule has 2 rings (SSSR count). The largest absolute Gasteiger partial charge is 0.362 e. The van der Waals surface area contributed by atoms with E-state index in [4.69, 9.17) is 23.8 Å². The Morgan fingerprint density at radius 3 is 2.76 bits per heavy atom. The zero-order chi connectivity index (χ0) is 15.1. The third-order valence-electron chi connectivity index (χ3n) is 2.63. The molecule has 21 heavy (non-hydrogen) atoms. The summed E-state index contributed by atoms with van der Waals surface area (Å²) in [6, 6.07) is 11.7. The maximum Gasteiger partial charge on any atom is 0.171 e. The summed E-state index contributed by atoms with van der Waals surface area (Å²) in [6.45, 7) is 2.80. The lowest BCUT2D eigenvalue weighted by Crippen LogP contribution is -2.30. The second kappa shape index (κ2) is 8.22. The van der Waals surface area contributed by atoms with Crippen LogP contribution in [-0.4, -0.2) is 22.4 Å². The van der Waals surface area contributed by atoms with Gasteiger partial charge in [0.05, 0.1) is 0 Å². The average Bonchev–Trinajstić information content (AvgIpc) is 2.45. The van der Waals surface area contributed by atoms with Gasteiger partial charge in [0, 0.05) is 28.4 Å². The molecule has 0 fully saturated rings. The fourth-order valence-electron chi connectivity index (χ4n) is 1.63. The van der Waals surface area contributed by atoms with Gasteiger partial charge in [-0.05, 0) is 61.1 Å². The van der Waals surface area contributed by atoms with E-state index in [9.17, 15) is 0 Å². The number of nitrogens with zero attached hydrogens (tertiary/aromatic N) is 1. The molecule has 0 atom stereocenters. The summed E-state index contributed by atoms with van der Waals surface area (Å²) in [5.41, 5.74) is 1.15. The predicted octanol–water partition coefficient (Wildman–Crippen LogP) is 4.12. The van der Waals surface area contributed by atoms with Crippen molar-refractivity contribution in [1.29, 1.82) is 0 Å². The van der Waals surface area contributed by atoms with E-state index < -0.39 is 0 Å². The highest BCUT2D eigenvalue weighted by molar-refractivity contribution is 7.99. The van der Waals surface area contributed by atoms with E-state index in [1.54, 1.807) is 18.0 Å². The fraction of sp³-hybridized carbons (Fsp3) is 0.200. The average molecular weight is 338 g/mol. The molecule has 2 aromatic rings. The van der Waals surface area contributed by atoms with Gasteiger partial charge in [-0.1, -0.05) is 11.6 Å². The van der Waals surface area contributed by atoms with Crippen LogP contribution in [0.2, 0.25) is 5.02 Å². The van der Waals surface area contributed by atoms with E-state index in [0.29, 0.717) is 5.11 Å². The molecule has 1 aromatic heterocycles. The topological polar surface area (TPSA) is 37.0 Å². The number of hydrogen-bond donors (Lipinski definition) is 2. The molecular formula is C15H16ClN3S2. The summed E-state index contributed by atoms with van der Waals surface area (Å²) in [6.07, 6.45) is 1.76. The van der Waals surface area contributed by atoms with Crippen LogP contribution in [0, 0.1) is 6.92 Å². The summed E-state index contributed by atoms with van der Waals surface area (Å²) in [5, 5.41) is 7.58. The number of halogens is 1. The number of pyridine rings is 1. The Kier molecular flexibility index (Phi) is 6.29. The monoisotopic (exact) mass is 337 g/mol. The van der Waals surface area contributed by atoms with Gasteiger partial charge in [0.25, 0.3) is 0 Å². The van der Waals surface area contributed by atoms with Crippen LogP contribution in [0.1, 0.15) is 5.56 Å². The third-order valence-corrected chi connectivity index (χ3v) is 4.14. The Morgan fingerprint density at radius 1 is 1.29 bits per heavy atom. The third kappa shape index (κ3) is 5.91. The van der Waals surface area contributed by atoms with Crippen molar-refractivity contribution in [3.05, 3.63) is 53.2 Å². The number of aryl methyl sites for hydroxylation is 1. The van der Waals surface area contributed by atoms with Crippen molar-refractivity contribution in [3.8, 4) is 0 Å². The molecule has 0 saturated carbocycles. The van der Waals surface area contributed by atoms with Crippen molar-refractivity contribution in [1.82, 2.24) is 10.3 Å². The molecule has 0 saturated heterocycles. The van der Waals surface area contributed by atoms with Crippen LogP contribution in [0.4, 0.5) is 5.82 Å². The number of thioether (sulfide) groups is 1. The molecule has 0 amide bonds. The zero-order valence-corrected chi connectivity index (χ0v) is 14.0. The summed E-state index contributed by atoms with van der Waals surface area (Å²) >= 11 is 12.8. The first kappa shape index (κ1) is 16.1. The zero-order valence-electron chi connectivity index (χ0n) is 11.6. The van der Waals surface area contributed by atoms with Gasteiger partial charge in [-0.3, -0.25) is 0 Å². The second-order valence-corrected chi connectivity index (χ2v) is 6.41. The molecule has 1 aromatic carbocycles. The number of hydrogen-bond acceptors (Lipinski definition) is 3. The number of aromatic nitrogens is 1. The van der Waals surface area contributed by atoms with Gasteiger partial charge in [-0.25, -0.2) is 4.98 Å². The summed E-state index contributed by atoms with van der Waals surface area (Å²) in [7, 11) is 0. The molecule has 0 aliphatic heterocycles. The van der Waals surface area contributed by atoms with Crippen LogP contribution in [0.25, 0.3) is 0 Å². The van der Waals surface area contributed by atoms with E-state index in [-0.39, 0.29) is 0 Å². The van der Waals surface area contributed by atoms with E-state index >= 15 is 0 Å². The van der Waals surface area contributed by atoms with Crippen LogP contribution in [0.5, 0.6) is 0 Å². The van der Waals surface area contributed by atoms with Crippen LogP contribution in [-0.2, 0) is 0 Å². The summed E-state index contributed by atoms with van der Waals surface area (Å²) in [4.78, 5) is 5.40. The first-order valence-electron chi connectivity index (χ1n) is 6.49. The molecule has 3 nitrogen and oxygen atoms in total. The molecule has 0 bridgehead atoms. The quantitative estimate of drug-likeness (QED) is 0.487. The molecular weight excluding hydrogens is 322 g/mol. The highest BCUT2D eigenvalue weighted by Crippen LogP contribution is 2.19. The first-order valence-corrected chi connectivity index (χ1v) is 8.26. The van der Waals surface area contributed by atoms with Crippen molar-refractivity contribution in [2.24, 2.45) is 0 Å². The van der Waals surface area contributed by atoms with Crippen LogP contribution in [0.15, 0.2) is 47.5 Å². The lowest BCUT2D eigenvalue weighted by Gasteiger charge is -2.10. The Labute approximate surface area is 139 Å². The van der Waals surface area contributed by atoms with Crippen molar-refractivity contribution in [2.45, 2.75) is 11.8 Å². The minimum Gasteiger partial charge on any atom is -0.362 e. The van der Waals surface area contributed by atoms with Gasteiger partial charge in [0.15, 0.2) is 5.11 Å². The Bertz CT molecular complexity index is 602. The second-order valence-electron chi connectivity index (χ2n) is 4.40. The molecule has 1 heterocycles. The molecule has 2 N–H and O–H groups in total. The lowest BCUT2D eigenvalue weighted by molar-refractivity contribution is 0.988. The van der Waals surface area contributed by atoms with Crippen molar-refractivity contribution in [2.75, 3.05) is 17.6 Å². The number of benzene rings is 1. The smallest absolute Gasteiger partial charge is 0.171 e. The normalized spacial score (nSPS) is 10.2. The molecule has 0 radical (unpaired) electrons. The Morgan fingerprint density at radius 2 is 2.05 bits per heavy atom. The van der Waals surface area contributed by atoms with Gasteiger partial charge in [0.1, 0.15) is 5.82 Å². The minimum absolute atomic E-state index is 0.588. The fourth-order valence-corrected chi connectivity index (χ4v) is 2.73.